The number of nitrogens with zero attached hydrogens (tertiary/aromatic N) is 3. The van der Waals surface area contributed by atoms with Gasteiger partial charge in [0, 0.05) is 0 Å². The van der Waals surface area contributed by atoms with Crippen molar-refractivity contribution in [3.05, 3.63) is 52.0 Å². The topological polar surface area (TPSA) is 136 Å². The molecule has 1 aromatic heterocycles. The zero-order valence-corrected chi connectivity index (χ0v) is 33.2. The molecule has 0 aliphatic carbocycles. The average molecular weight is 776 g/mol. The van der Waals surface area contributed by atoms with Gasteiger partial charge in [0.1, 0.15) is 37.8 Å². The Morgan fingerprint density at radius 3 is 2.23 bits per heavy atom. The summed E-state index contributed by atoms with van der Waals surface area (Å²) in [6, 6.07) is 10.4. The van der Waals surface area contributed by atoms with Crippen molar-refractivity contribution in [2.24, 2.45) is 9.36 Å². The van der Waals surface area contributed by atoms with Crippen molar-refractivity contribution < 1.29 is 30.7 Å². The van der Waals surface area contributed by atoms with E-state index in [0.717, 1.165) is 23.7 Å². The fourth-order valence-electron chi connectivity index (χ4n) is 5.70. The minimum atomic E-state index is -4.09. The zero-order valence-electron chi connectivity index (χ0n) is 29.0. The van der Waals surface area contributed by atoms with Crippen LogP contribution in [0.25, 0.3) is 0 Å². The summed E-state index contributed by atoms with van der Waals surface area (Å²) < 4.78 is 71.6. The normalized spacial score (nSPS) is 21.6. The first-order chi connectivity index (χ1) is 21.6. The van der Waals surface area contributed by atoms with Crippen molar-refractivity contribution >= 4 is 61.0 Å². The number of amides is 1. The Labute approximate surface area is 289 Å². The molecule has 0 bridgehead atoms. The summed E-state index contributed by atoms with van der Waals surface area (Å²) in [7, 11) is -9.75. The van der Waals surface area contributed by atoms with Crippen molar-refractivity contribution in [1.82, 2.24) is 10.3 Å². The third-order valence-electron chi connectivity index (χ3n) is 8.80. The third-order valence-corrected chi connectivity index (χ3v) is 19.4. The van der Waals surface area contributed by atoms with Gasteiger partial charge in [-0.25, -0.2) is 22.7 Å². The Kier molecular flexibility index (Phi) is 12.0. The lowest BCUT2D eigenvalue weighted by Gasteiger charge is -2.42. The maximum absolute atomic E-state index is 16.8. The Balaban J connectivity index is 2.15. The molecule has 10 nitrogen and oxygen atoms in total. The second-order valence-corrected chi connectivity index (χ2v) is 24.1. The Bertz CT molecular complexity index is 1740. The van der Waals surface area contributed by atoms with Crippen molar-refractivity contribution in [3.8, 4) is 0 Å². The number of aliphatic imine (C=N–C) groups is 1. The highest BCUT2D eigenvalue weighted by molar-refractivity contribution is 9.10. The number of rotatable bonds is 10. The molecule has 3 rings (SSSR count). The van der Waals surface area contributed by atoms with Crippen LogP contribution in [0.1, 0.15) is 73.6 Å². The van der Waals surface area contributed by atoms with Crippen LogP contribution in [-0.2, 0) is 34.3 Å². The van der Waals surface area contributed by atoms with Gasteiger partial charge in [-0.05, 0) is 87.8 Å². The van der Waals surface area contributed by atoms with Crippen LogP contribution in [-0.4, -0.2) is 66.9 Å². The molecule has 0 saturated carbocycles. The highest BCUT2D eigenvalue weighted by Crippen LogP contribution is 2.40. The van der Waals surface area contributed by atoms with Gasteiger partial charge in [0.2, 0.25) is 0 Å². The quantitative estimate of drug-likeness (QED) is 0.121. The second kappa shape index (κ2) is 14.3. The maximum Gasteiger partial charge on any atom is 0.413 e. The number of halogens is 2. The first-order valence-corrected chi connectivity index (χ1v) is 22.2. The predicted molar refractivity (Wildman–Crippen MR) is 192 cm³/mol. The van der Waals surface area contributed by atoms with Crippen LogP contribution in [0.3, 0.4) is 0 Å². The SMILES string of the molecule is CC[Si](CC)(CC)c1cc(Br)nc([C@]2(C)C[S@](=O)(=NCCOS(=O)(=O)c3ccc(C)cc3)C(C)(C)C(NC(=O)OC(C)(C)C)=N2)c1F. The van der Waals surface area contributed by atoms with Crippen LogP contribution in [0.5, 0.6) is 0 Å². The molecule has 0 fully saturated rings. The van der Waals surface area contributed by atoms with Gasteiger partial charge in [-0.2, -0.15) is 8.42 Å². The molecule has 1 N–H and O–H groups in total. The van der Waals surface area contributed by atoms with E-state index < -0.39 is 55.7 Å². The zero-order chi connectivity index (χ0) is 35.6. The van der Waals surface area contributed by atoms with Crippen molar-refractivity contribution in [2.45, 2.75) is 108 Å². The molecule has 0 spiro atoms. The number of aryl methyl sites for hydroxylation is 1. The smallest absolute Gasteiger partial charge is 0.413 e. The van der Waals surface area contributed by atoms with Crippen molar-refractivity contribution in [3.63, 3.8) is 0 Å². The maximum atomic E-state index is 16.8. The summed E-state index contributed by atoms with van der Waals surface area (Å²) in [4.78, 5) is 22.4. The van der Waals surface area contributed by atoms with E-state index in [-0.39, 0.29) is 35.3 Å². The summed E-state index contributed by atoms with van der Waals surface area (Å²) in [5, 5.41) is 3.28. The number of pyridine rings is 1. The minimum absolute atomic E-state index is 0.00449. The number of carbonyl (C=O) groups excluding carboxylic acids is 1. The van der Waals surface area contributed by atoms with Crippen LogP contribution >= 0.6 is 15.9 Å². The lowest BCUT2D eigenvalue weighted by atomic mass is 9.98. The van der Waals surface area contributed by atoms with E-state index >= 15 is 8.60 Å². The number of nitrogens with one attached hydrogen (secondary N) is 1. The number of carbonyl (C=O) groups is 1. The molecular weight excluding hydrogens is 727 g/mol. The summed E-state index contributed by atoms with van der Waals surface area (Å²) in [5.74, 6) is -0.743. The van der Waals surface area contributed by atoms with E-state index in [2.05, 4.69) is 51.4 Å². The van der Waals surface area contributed by atoms with Gasteiger partial charge in [-0.1, -0.05) is 56.6 Å². The number of ether oxygens (including phenoxy) is 1. The van der Waals surface area contributed by atoms with Crippen LogP contribution in [0.4, 0.5) is 9.18 Å². The molecule has 1 aromatic carbocycles. The standard InChI is InChI=1S/C32H48BrFN4O6S2Si/c1-11-47(12-2,13-3)24-20-25(33)36-27(26(24)34)32(10)21-45(40,31(8,9)28(38-32)37-29(39)44-30(5,6)7)35-18-19-43-46(41,42)23-16-14-22(4)15-17-23/h14-17,20H,11-13,18-19,21H2,1-10H3,(H,37,38,39)/t32-,45+/m0/s1. The number of alkyl carbamates (subject to hydrolysis) is 1. The average Bonchev–Trinajstić information content (AvgIpc) is 2.96. The molecule has 0 saturated heterocycles. The molecule has 2 heterocycles. The number of amidine groups is 1. The van der Waals surface area contributed by atoms with Crippen LogP contribution in [0.15, 0.2) is 49.2 Å². The van der Waals surface area contributed by atoms with Gasteiger partial charge >= 0.3 is 6.09 Å². The monoisotopic (exact) mass is 774 g/mol. The molecule has 2 atom stereocenters. The van der Waals surface area contributed by atoms with E-state index in [1.807, 2.05) is 6.92 Å². The van der Waals surface area contributed by atoms with Gasteiger partial charge in [-0.15, -0.1) is 0 Å². The minimum Gasteiger partial charge on any atom is -0.444 e. The van der Waals surface area contributed by atoms with Crippen LogP contribution < -0.4 is 10.5 Å². The highest BCUT2D eigenvalue weighted by Gasteiger charge is 2.51. The Morgan fingerprint density at radius 2 is 1.70 bits per heavy atom. The van der Waals surface area contributed by atoms with E-state index in [4.69, 9.17) is 13.9 Å². The third kappa shape index (κ3) is 8.51. The summed E-state index contributed by atoms with van der Waals surface area (Å²) in [6.45, 7) is 17.4. The molecular formula is C32H48BrFN4O6S2Si. The molecule has 0 unspecified atom stereocenters. The van der Waals surface area contributed by atoms with Gasteiger partial charge in [-0.3, -0.25) is 14.5 Å². The second-order valence-electron chi connectivity index (χ2n) is 13.6. The summed E-state index contributed by atoms with van der Waals surface area (Å²) in [6.07, 6.45) is -0.819. The molecule has 262 valence electrons. The predicted octanol–water partition coefficient (Wildman–Crippen LogP) is 6.81. The summed E-state index contributed by atoms with van der Waals surface area (Å²) >= 11 is 3.49. The number of benzene rings is 1. The fourth-order valence-corrected chi connectivity index (χ4v) is 13.4. The van der Waals surface area contributed by atoms with Crippen LogP contribution in [0.2, 0.25) is 18.1 Å². The molecule has 2 aromatic rings. The van der Waals surface area contributed by atoms with E-state index in [1.54, 1.807) is 59.7 Å². The van der Waals surface area contributed by atoms with Gasteiger partial charge in [0.15, 0.2) is 0 Å². The van der Waals surface area contributed by atoms with Gasteiger partial charge in [0.05, 0.1) is 41.6 Å². The van der Waals surface area contributed by atoms with E-state index in [0.29, 0.717) is 9.79 Å². The van der Waals surface area contributed by atoms with Crippen molar-refractivity contribution in [2.75, 3.05) is 18.9 Å². The first-order valence-electron chi connectivity index (χ1n) is 15.7. The lowest BCUT2D eigenvalue weighted by molar-refractivity contribution is 0.0560. The molecule has 1 amide bonds. The Morgan fingerprint density at radius 1 is 1.13 bits per heavy atom. The number of hydrogen-bond acceptors (Lipinski definition) is 9. The van der Waals surface area contributed by atoms with Gasteiger partial charge < -0.3 is 4.74 Å². The first kappa shape index (κ1) is 39.2. The molecule has 0 radical (unpaired) electrons. The number of hydrogen-bond donors (Lipinski definition) is 1. The Hall–Kier alpha value is -2.20. The lowest BCUT2D eigenvalue weighted by Crippen LogP contribution is -2.58. The number of aromatic nitrogens is 1. The van der Waals surface area contributed by atoms with Crippen molar-refractivity contribution in [1.29, 1.82) is 0 Å². The molecule has 1 aliphatic rings. The van der Waals surface area contributed by atoms with Gasteiger partial charge in [0.25, 0.3) is 10.1 Å². The molecule has 47 heavy (non-hydrogen) atoms. The van der Waals surface area contributed by atoms with E-state index in [1.165, 1.54) is 12.1 Å². The summed E-state index contributed by atoms with van der Waals surface area (Å²) in [5.41, 5.74) is -1.46. The van der Waals surface area contributed by atoms with E-state index in [9.17, 15) is 13.2 Å². The largest absolute Gasteiger partial charge is 0.444 e. The highest BCUT2D eigenvalue weighted by atomic mass is 79.9. The molecule has 15 heteroatoms. The van der Waals surface area contributed by atoms with Crippen LogP contribution in [0, 0.1) is 12.7 Å². The fraction of sp³-hybridized carbons (Fsp3) is 0.594. The molecule has 1 aliphatic heterocycles.